The third-order valence-electron chi connectivity index (χ3n) is 2.99. The summed E-state index contributed by atoms with van der Waals surface area (Å²) < 4.78 is 5.59. The van der Waals surface area contributed by atoms with Gasteiger partial charge in [0.1, 0.15) is 0 Å². The van der Waals surface area contributed by atoms with Crippen molar-refractivity contribution in [1.82, 2.24) is 0 Å². The van der Waals surface area contributed by atoms with Crippen molar-refractivity contribution in [2.75, 3.05) is 6.61 Å². The van der Waals surface area contributed by atoms with E-state index >= 15 is 0 Å². The zero-order valence-corrected chi connectivity index (χ0v) is 10.7. The van der Waals surface area contributed by atoms with E-state index in [1.807, 2.05) is 18.7 Å². The molecule has 1 aliphatic rings. The van der Waals surface area contributed by atoms with Gasteiger partial charge >= 0.3 is 0 Å². The monoisotopic (exact) mass is 237 g/mol. The van der Waals surface area contributed by atoms with Gasteiger partial charge in [-0.25, -0.2) is 0 Å². The van der Waals surface area contributed by atoms with Gasteiger partial charge in [0.25, 0.3) is 0 Å². The fourth-order valence-electron chi connectivity index (χ4n) is 1.99. The van der Waals surface area contributed by atoms with Gasteiger partial charge in [-0.05, 0) is 31.9 Å². The average Bonchev–Trinajstić information content (AvgIpc) is 2.65. The summed E-state index contributed by atoms with van der Waals surface area (Å²) in [5, 5.41) is 0.569. The average molecular weight is 237 g/mol. The normalized spacial score (nSPS) is 26.9. The summed E-state index contributed by atoms with van der Waals surface area (Å²) >= 11 is 1.91. The van der Waals surface area contributed by atoms with Crippen LogP contribution in [0.2, 0.25) is 0 Å². The minimum atomic E-state index is 0.0985. The van der Waals surface area contributed by atoms with Crippen molar-refractivity contribution in [2.45, 2.75) is 42.6 Å². The van der Waals surface area contributed by atoms with Crippen molar-refractivity contribution < 1.29 is 4.74 Å². The van der Waals surface area contributed by atoms with E-state index in [1.165, 1.54) is 10.5 Å². The highest BCUT2D eigenvalue weighted by Crippen LogP contribution is 2.35. The first kappa shape index (κ1) is 12.0. The summed E-state index contributed by atoms with van der Waals surface area (Å²) in [5.41, 5.74) is 7.22. The van der Waals surface area contributed by atoms with Gasteiger partial charge in [0.05, 0.1) is 6.10 Å². The van der Waals surface area contributed by atoms with Crippen molar-refractivity contribution in [2.24, 2.45) is 5.73 Å². The van der Waals surface area contributed by atoms with E-state index in [-0.39, 0.29) is 6.04 Å². The molecule has 0 aromatic heterocycles. The molecule has 1 aliphatic heterocycles. The van der Waals surface area contributed by atoms with Crippen LogP contribution in [0.25, 0.3) is 0 Å². The lowest BCUT2D eigenvalue weighted by molar-refractivity contribution is 0.127. The first-order valence-electron chi connectivity index (χ1n) is 5.81. The first-order chi connectivity index (χ1) is 7.68. The van der Waals surface area contributed by atoms with Crippen LogP contribution >= 0.6 is 11.8 Å². The van der Waals surface area contributed by atoms with Crippen molar-refractivity contribution >= 4 is 11.8 Å². The second-order valence-corrected chi connectivity index (χ2v) is 5.63. The van der Waals surface area contributed by atoms with Crippen LogP contribution in [0.3, 0.4) is 0 Å². The number of thioether (sulfide) groups is 1. The minimum Gasteiger partial charge on any atom is -0.377 e. The molecular formula is C13H19NOS. The molecule has 1 heterocycles. The molecule has 3 heteroatoms. The van der Waals surface area contributed by atoms with E-state index in [0.29, 0.717) is 11.4 Å². The number of benzene rings is 1. The summed E-state index contributed by atoms with van der Waals surface area (Å²) in [6.45, 7) is 5.08. The Labute approximate surface area is 102 Å². The number of hydrogen-bond acceptors (Lipinski definition) is 3. The van der Waals surface area contributed by atoms with Crippen LogP contribution in [-0.4, -0.2) is 18.0 Å². The SMILES string of the molecule is CC(N)c1ccccc1SC1CCOC1C. The molecule has 1 saturated heterocycles. The summed E-state index contributed by atoms with van der Waals surface area (Å²) in [4.78, 5) is 1.31. The van der Waals surface area contributed by atoms with Crippen LogP contribution < -0.4 is 5.73 Å². The molecule has 0 spiro atoms. The van der Waals surface area contributed by atoms with Gasteiger partial charge < -0.3 is 10.5 Å². The molecule has 1 aromatic carbocycles. The Bertz CT molecular complexity index is 354. The molecular weight excluding hydrogens is 218 g/mol. The molecule has 2 rings (SSSR count). The van der Waals surface area contributed by atoms with Crippen LogP contribution in [0, 0.1) is 0 Å². The van der Waals surface area contributed by atoms with Gasteiger partial charge in [-0.1, -0.05) is 18.2 Å². The molecule has 1 fully saturated rings. The Morgan fingerprint density at radius 3 is 2.81 bits per heavy atom. The van der Waals surface area contributed by atoms with Crippen molar-refractivity contribution in [3.05, 3.63) is 29.8 Å². The molecule has 1 aromatic rings. The Balaban J connectivity index is 2.14. The maximum absolute atomic E-state index is 5.98. The Kier molecular flexibility index (Phi) is 3.90. The molecule has 0 amide bonds. The van der Waals surface area contributed by atoms with Crippen LogP contribution in [0.4, 0.5) is 0 Å². The molecule has 2 N–H and O–H groups in total. The molecule has 2 nitrogen and oxygen atoms in total. The highest BCUT2D eigenvalue weighted by molar-refractivity contribution is 8.00. The van der Waals surface area contributed by atoms with Gasteiger partial charge in [0, 0.05) is 22.8 Å². The first-order valence-corrected chi connectivity index (χ1v) is 6.69. The Morgan fingerprint density at radius 1 is 1.44 bits per heavy atom. The van der Waals surface area contributed by atoms with Crippen molar-refractivity contribution in [3.63, 3.8) is 0 Å². The van der Waals surface area contributed by atoms with Gasteiger partial charge in [-0.2, -0.15) is 0 Å². The van der Waals surface area contributed by atoms with E-state index in [0.717, 1.165) is 13.0 Å². The van der Waals surface area contributed by atoms with E-state index in [2.05, 4.69) is 31.2 Å². The number of hydrogen-bond donors (Lipinski definition) is 1. The molecule has 3 atom stereocenters. The van der Waals surface area contributed by atoms with E-state index in [9.17, 15) is 0 Å². The van der Waals surface area contributed by atoms with Crippen LogP contribution in [0.5, 0.6) is 0 Å². The minimum absolute atomic E-state index is 0.0985. The van der Waals surface area contributed by atoms with E-state index in [1.54, 1.807) is 0 Å². The maximum atomic E-state index is 5.98. The molecule has 0 radical (unpaired) electrons. The Hall–Kier alpha value is -0.510. The molecule has 0 saturated carbocycles. The summed E-state index contributed by atoms with van der Waals surface area (Å²) in [5.74, 6) is 0. The molecule has 0 bridgehead atoms. The van der Waals surface area contributed by atoms with E-state index < -0.39 is 0 Å². The van der Waals surface area contributed by atoms with Gasteiger partial charge in [0.2, 0.25) is 0 Å². The largest absolute Gasteiger partial charge is 0.377 e. The predicted molar refractivity (Wildman–Crippen MR) is 68.7 cm³/mol. The summed E-state index contributed by atoms with van der Waals surface area (Å²) in [6, 6.07) is 8.51. The second kappa shape index (κ2) is 5.21. The third kappa shape index (κ3) is 2.59. The topological polar surface area (TPSA) is 35.2 Å². The fourth-order valence-corrected chi connectivity index (χ4v) is 3.35. The summed E-state index contributed by atoms with van der Waals surface area (Å²) in [7, 11) is 0. The second-order valence-electron chi connectivity index (χ2n) is 4.35. The summed E-state index contributed by atoms with van der Waals surface area (Å²) in [6.07, 6.45) is 1.49. The lowest BCUT2D eigenvalue weighted by Gasteiger charge is -2.17. The van der Waals surface area contributed by atoms with Crippen molar-refractivity contribution in [1.29, 1.82) is 0 Å². The standard InChI is InChI=1S/C13H19NOS/c1-9(14)11-5-3-4-6-13(11)16-12-7-8-15-10(12)2/h3-6,9-10,12H,7-8,14H2,1-2H3. The quantitative estimate of drug-likeness (QED) is 0.877. The van der Waals surface area contributed by atoms with Gasteiger partial charge in [-0.15, -0.1) is 11.8 Å². The highest BCUT2D eigenvalue weighted by atomic mass is 32.2. The zero-order valence-electron chi connectivity index (χ0n) is 9.85. The highest BCUT2D eigenvalue weighted by Gasteiger charge is 2.25. The molecule has 0 aliphatic carbocycles. The predicted octanol–water partition coefficient (Wildman–Crippen LogP) is 2.98. The molecule has 16 heavy (non-hydrogen) atoms. The van der Waals surface area contributed by atoms with Crippen LogP contribution in [-0.2, 0) is 4.74 Å². The molecule has 3 unspecified atom stereocenters. The number of ether oxygens (including phenoxy) is 1. The fraction of sp³-hybridized carbons (Fsp3) is 0.538. The van der Waals surface area contributed by atoms with Crippen molar-refractivity contribution in [3.8, 4) is 0 Å². The lowest BCUT2D eigenvalue weighted by atomic mass is 10.1. The lowest BCUT2D eigenvalue weighted by Crippen LogP contribution is -2.14. The zero-order chi connectivity index (χ0) is 11.5. The van der Waals surface area contributed by atoms with E-state index in [4.69, 9.17) is 10.5 Å². The molecule has 88 valence electrons. The van der Waals surface area contributed by atoms with Gasteiger partial charge in [-0.3, -0.25) is 0 Å². The third-order valence-corrected chi connectivity index (χ3v) is 4.54. The van der Waals surface area contributed by atoms with Crippen LogP contribution in [0.1, 0.15) is 31.9 Å². The smallest absolute Gasteiger partial charge is 0.0669 e. The Morgan fingerprint density at radius 2 is 2.19 bits per heavy atom. The van der Waals surface area contributed by atoms with Crippen LogP contribution in [0.15, 0.2) is 29.2 Å². The maximum Gasteiger partial charge on any atom is 0.0669 e. The van der Waals surface area contributed by atoms with Gasteiger partial charge in [0.15, 0.2) is 0 Å². The number of rotatable bonds is 3. The number of nitrogens with two attached hydrogens (primary N) is 1.